The molecule has 1 N–H and O–H groups in total. The Balaban J connectivity index is 1.92. The first-order valence-corrected chi connectivity index (χ1v) is 7.62. The van der Waals surface area contributed by atoms with Gasteiger partial charge in [-0.2, -0.15) is 0 Å². The molecule has 0 aromatic heterocycles. The standard InChI is InChI=1S/C17H28N2/c1-13(2)18-11-14(3)15(4)19-10-9-16-7-5-6-8-17(16)12-19/h5-8,13-15,18H,9-12H2,1-4H3. The molecule has 0 saturated heterocycles. The molecule has 1 aromatic rings. The molecule has 1 aliphatic heterocycles. The molecule has 2 nitrogen and oxygen atoms in total. The van der Waals surface area contributed by atoms with E-state index >= 15 is 0 Å². The Labute approximate surface area is 118 Å². The van der Waals surface area contributed by atoms with Crippen LogP contribution in [0.4, 0.5) is 0 Å². The smallest absolute Gasteiger partial charge is 0.0239 e. The van der Waals surface area contributed by atoms with Crippen LogP contribution in [0.1, 0.15) is 38.8 Å². The molecule has 2 rings (SSSR count). The van der Waals surface area contributed by atoms with E-state index in [1.165, 1.54) is 18.5 Å². The van der Waals surface area contributed by atoms with Crippen LogP contribution in [-0.4, -0.2) is 30.1 Å². The zero-order chi connectivity index (χ0) is 13.8. The number of hydrogen-bond donors (Lipinski definition) is 1. The molecule has 2 atom stereocenters. The van der Waals surface area contributed by atoms with Gasteiger partial charge in [0, 0.05) is 25.2 Å². The summed E-state index contributed by atoms with van der Waals surface area (Å²) in [5.74, 6) is 0.688. The topological polar surface area (TPSA) is 15.3 Å². The molecule has 1 aliphatic rings. The fraction of sp³-hybridized carbons (Fsp3) is 0.647. The molecular weight excluding hydrogens is 232 g/mol. The van der Waals surface area contributed by atoms with Crippen molar-refractivity contribution < 1.29 is 0 Å². The van der Waals surface area contributed by atoms with Crippen molar-refractivity contribution in [3.05, 3.63) is 35.4 Å². The average molecular weight is 260 g/mol. The van der Waals surface area contributed by atoms with Crippen molar-refractivity contribution in [1.82, 2.24) is 10.2 Å². The maximum Gasteiger partial charge on any atom is 0.0239 e. The Hall–Kier alpha value is -0.860. The summed E-state index contributed by atoms with van der Waals surface area (Å²) in [6, 6.07) is 10.1. The van der Waals surface area contributed by atoms with E-state index in [2.05, 4.69) is 62.2 Å². The number of fused-ring (bicyclic) bond motifs is 1. The number of hydrogen-bond acceptors (Lipinski definition) is 2. The van der Waals surface area contributed by atoms with E-state index < -0.39 is 0 Å². The van der Waals surface area contributed by atoms with Gasteiger partial charge in [-0.25, -0.2) is 0 Å². The van der Waals surface area contributed by atoms with Crippen LogP contribution in [0.3, 0.4) is 0 Å². The Morgan fingerprint density at radius 3 is 2.47 bits per heavy atom. The fourth-order valence-electron chi connectivity index (χ4n) is 2.82. The number of nitrogens with zero attached hydrogens (tertiary/aromatic N) is 1. The Kier molecular flexibility index (Phi) is 5.00. The first-order valence-electron chi connectivity index (χ1n) is 7.62. The minimum atomic E-state index is 0.580. The molecule has 2 unspecified atom stereocenters. The van der Waals surface area contributed by atoms with Crippen LogP contribution in [0, 0.1) is 5.92 Å². The highest BCUT2D eigenvalue weighted by Gasteiger charge is 2.23. The highest BCUT2D eigenvalue weighted by molar-refractivity contribution is 5.29. The van der Waals surface area contributed by atoms with E-state index in [1.807, 2.05) is 0 Å². The zero-order valence-corrected chi connectivity index (χ0v) is 12.8. The summed E-state index contributed by atoms with van der Waals surface area (Å²) in [7, 11) is 0. The largest absolute Gasteiger partial charge is 0.314 e. The molecule has 0 fully saturated rings. The molecule has 0 saturated carbocycles. The van der Waals surface area contributed by atoms with Gasteiger partial charge in [-0.15, -0.1) is 0 Å². The number of benzene rings is 1. The number of nitrogens with one attached hydrogen (secondary N) is 1. The monoisotopic (exact) mass is 260 g/mol. The lowest BCUT2D eigenvalue weighted by Gasteiger charge is -2.37. The normalized spacial score (nSPS) is 19.2. The van der Waals surface area contributed by atoms with Crippen molar-refractivity contribution in [3.63, 3.8) is 0 Å². The van der Waals surface area contributed by atoms with Gasteiger partial charge in [0.05, 0.1) is 0 Å². The molecule has 2 heteroatoms. The van der Waals surface area contributed by atoms with E-state index in [0.717, 1.165) is 13.1 Å². The summed E-state index contributed by atoms with van der Waals surface area (Å²) in [5, 5.41) is 3.56. The molecule has 106 valence electrons. The summed E-state index contributed by atoms with van der Waals surface area (Å²) in [5.41, 5.74) is 3.06. The van der Waals surface area contributed by atoms with Gasteiger partial charge in [0.1, 0.15) is 0 Å². The van der Waals surface area contributed by atoms with Gasteiger partial charge in [-0.3, -0.25) is 4.90 Å². The van der Waals surface area contributed by atoms with E-state index in [0.29, 0.717) is 18.0 Å². The van der Waals surface area contributed by atoms with Crippen molar-refractivity contribution in [2.24, 2.45) is 5.92 Å². The van der Waals surface area contributed by atoms with E-state index in [1.54, 1.807) is 5.56 Å². The van der Waals surface area contributed by atoms with Gasteiger partial charge in [0.2, 0.25) is 0 Å². The van der Waals surface area contributed by atoms with Gasteiger partial charge in [0.25, 0.3) is 0 Å². The quantitative estimate of drug-likeness (QED) is 0.875. The summed E-state index contributed by atoms with van der Waals surface area (Å²) in [6.45, 7) is 12.6. The van der Waals surface area contributed by atoms with Crippen molar-refractivity contribution >= 4 is 0 Å². The van der Waals surface area contributed by atoms with Crippen LogP contribution < -0.4 is 5.32 Å². The number of rotatable bonds is 5. The molecule has 0 bridgehead atoms. The van der Waals surface area contributed by atoms with Crippen molar-refractivity contribution in [3.8, 4) is 0 Å². The van der Waals surface area contributed by atoms with Crippen molar-refractivity contribution in [2.75, 3.05) is 13.1 Å². The molecule has 0 radical (unpaired) electrons. The second-order valence-electron chi connectivity index (χ2n) is 6.27. The van der Waals surface area contributed by atoms with E-state index in [-0.39, 0.29) is 0 Å². The first kappa shape index (κ1) is 14.5. The summed E-state index contributed by atoms with van der Waals surface area (Å²) in [6.07, 6.45) is 1.20. The van der Waals surface area contributed by atoms with E-state index in [4.69, 9.17) is 0 Å². The zero-order valence-electron chi connectivity index (χ0n) is 12.8. The third kappa shape index (κ3) is 3.80. The Morgan fingerprint density at radius 2 is 1.79 bits per heavy atom. The van der Waals surface area contributed by atoms with Gasteiger partial charge in [-0.1, -0.05) is 45.0 Å². The molecule has 1 aromatic carbocycles. The summed E-state index contributed by atoms with van der Waals surface area (Å²) in [4.78, 5) is 2.63. The van der Waals surface area contributed by atoms with Crippen LogP contribution in [0.5, 0.6) is 0 Å². The van der Waals surface area contributed by atoms with Crippen LogP contribution in [0.15, 0.2) is 24.3 Å². The SMILES string of the molecule is CC(C)NCC(C)C(C)N1CCc2ccccc2C1. The average Bonchev–Trinajstić information content (AvgIpc) is 2.43. The molecular formula is C17H28N2. The minimum absolute atomic E-state index is 0.580. The maximum absolute atomic E-state index is 3.56. The predicted molar refractivity (Wildman–Crippen MR) is 82.3 cm³/mol. The van der Waals surface area contributed by atoms with Gasteiger partial charge < -0.3 is 5.32 Å². The minimum Gasteiger partial charge on any atom is -0.314 e. The van der Waals surface area contributed by atoms with Crippen molar-refractivity contribution in [1.29, 1.82) is 0 Å². The van der Waals surface area contributed by atoms with Crippen LogP contribution in [-0.2, 0) is 13.0 Å². The predicted octanol–water partition coefficient (Wildman–Crippen LogP) is 3.07. The maximum atomic E-state index is 3.56. The Morgan fingerprint density at radius 1 is 1.11 bits per heavy atom. The molecule has 19 heavy (non-hydrogen) atoms. The molecule has 0 spiro atoms. The lowest BCUT2D eigenvalue weighted by molar-refractivity contribution is 0.143. The lowest BCUT2D eigenvalue weighted by atomic mass is 9.95. The first-order chi connectivity index (χ1) is 9.08. The van der Waals surface area contributed by atoms with Crippen LogP contribution >= 0.6 is 0 Å². The Bertz CT molecular complexity index is 400. The van der Waals surface area contributed by atoms with Gasteiger partial charge >= 0.3 is 0 Å². The van der Waals surface area contributed by atoms with Gasteiger partial charge in [0.15, 0.2) is 0 Å². The second kappa shape index (κ2) is 6.53. The fourth-order valence-corrected chi connectivity index (χ4v) is 2.82. The van der Waals surface area contributed by atoms with E-state index in [9.17, 15) is 0 Å². The van der Waals surface area contributed by atoms with Crippen molar-refractivity contribution in [2.45, 2.75) is 52.7 Å². The highest BCUT2D eigenvalue weighted by Crippen LogP contribution is 2.22. The molecule has 1 heterocycles. The van der Waals surface area contributed by atoms with Gasteiger partial charge in [-0.05, 0) is 36.9 Å². The molecule has 0 amide bonds. The molecule has 0 aliphatic carbocycles. The lowest BCUT2D eigenvalue weighted by Crippen LogP contribution is -2.44. The van der Waals surface area contributed by atoms with Crippen LogP contribution in [0.25, 0.3) is 0 Å². The summed E-state index contributed by atoms with van der Waals surface area (Å²) < 4.78 is 0. The highest BCUT2D eigenvalue weighted by atomic mass is 15.2. The third-order valence-corrected chi connectivity index (χ3v) is 4.41. The van der Waals surface area contributed by atoms with Crippen LogP contribution in [0.2, 0.25) is 0 Å². The second-order valence-corrected chi connectivity index (χ2v) is 6.27. The summed E-state index contributed by atoms with van der Waals surface area (Å²) >= 11 is 0. The third-order valence-electron chi connectivity index (χ3n) is 4.41.